The second-order valence-corrected chi connectivity index (χ2v) is 6.00. The molecule has 1 N–H and O–H groups in total. The minimum Gasteiger partial charge on any atom is -0.463 e. The lowest BCUT2D eigenvalue weighted by atomic mass is 9.96. The molecule has 2 amide bonds. The first-order valence-corrected chi connectivity index (χ1v) is 8.63. The van der Waals surface area contributed by atoms with Gasteiger partial charge in [0.25, 0.3) is 0 Å². The van der Waals surface area contributed by atoms with Crippen LogP contribution in [0.4, 0.5) is 10.5 Å². The van der Waals surface area contributed by atoms with Crippen molar-refractivity contribution in [2.75, 3.05) is 25.0 Å². The Morgan fingerprint density at radius 3 is 2.71 bits per heavy atom. The highest BCUT2D eigenvalue weighted by Crippen LogP contribution is 2.20. The molecule has 1 aliphatic rings. The summed E-state index contributed by atoms with van der Waals surface area (Å²) in [4.78, 5) is 25.5. The van der Waals surface area contributed by atoms with Gasteiger partial charge in [-0.1, -0.05) is 25.5 Å². The molecule has 130 valence electrons. The third kappa shape index (κ3) is 5.41. The standard InChI is InChI=1S/C19H26N2O3/c1-3-15-6-5-13-21(14-15)19(23)20-17-10-7-16(8-11-17)9-12-18(22)24-4-2/h7-12,15H,3-6,13-14H2,1-2H3,(H,20,23)/b12-9+. The van der Waals surface area contributed by atoms with E-state index in [2.05, 4.69) is 12.2 Å². The molecule has 1 atom stereocenters. The van der Waals surface area contributed by atoms with Crippen LogP contribution in [-0.4, -0.2) is 36.6 Å². The zero-order chi connectivity index (χ0) is 17.4. The lowest BCUT2D eigenvalue weighted by Gasteiger charge is -2.32. The number of hydrogen-bond donors (Lipinski definition) is 1. The van der Waals surface area contributed by atoms with Crippen molar-refractivity contribution in [2.45, 2.75) is 33.1 Å². The molecule has 1 saturated heterocycles. The summed E-state index contributed by atoms with van der Waals surface area (Å²) in [6.07, 6.45) is 6.49. The Hall–Kier alpha value is -2.30. The van der Waals surface area contributed by atoms with E-state index >= 15 is 0 Å². The third-order valence-corrected chi connectivity index (χ3v) is 4.24. The predicted octanol–water partition coefficient (Wildman–Crippen LogP) is 3.92. The molecule has 1 aliphatic heterocycles. The molecule has 2 rings (SSSR count). The number of benzene rings is 1. The van der Waals surface area contributed by atoms with E-state index in [4.69, 9.17) is 4.74 Å². The van der Waals surface area contributed by atoms with Crippen LogP contribution in [0, 0.1) is 5.92 Å². The molecule has 5 heteroatoms. The van der Waals surface area contributed by atoms with E-state index in [9.17, 15) is 9.59 Å². The van der Waals surface area contributed by atoms with Crippen LogP contribution in [0.3, 0.4) is 0 Å². The Labute approximate surface area is 143 Å². The summed E-state index contributed by atoms with van der Waals surface area (Å²) < 4.78 is 4.84. The second-order valence-electron chi connectivity index (χ2n) is 6.00. The number of esters is 1. The summed E-state index contributed by atoms with van der Waals surface area (Å²) in [6, 6.07) is 7.35. The Bertz CT molecular complexity index is 581. The molecule has 0 saturated carbocycles. The van der Waals surface area contributed by atoms with Gasteiger partial charge in [-0.25, -0.2) is 9.59 Å². The molecule has 0 aliphatic carbocycles. The first-order valence-electron chi connectivity index (χ1n) is 8.63. The number of amides is 2. The fourth-order valence-corrected chi connectivity index (χ4v) is 2.82. The number of nitrogens with one attached hydrogen (secondary N) is 1. The summed E-state index contributed by atoms with van der Waals surface area (Å²) >= 11 is 0. The van der Waals surface area contributed by atoms with E-state index in [1.807, 2.05) is 29.2 Å². The zero-order valence-electron chi connectivity index (χ0n) is 14.5. The summed E-state index contributed by atoms with van der Waals surface area (Å²) in [5.41, 5.74) is 1.64. The van der Waals surface area contributed by atoms with E-state index in [-0.39, 0.29) is 12.0 Å². The average Bonchev–Trinajstić information content (AvgIpc) is 2.61. The summed E-state index contributed by atoms with van der Waals surface area (Å²) in [6.45, 7) is 5.97. The Morgan fingerprint density at radius 1 is 1.29 bits per heavy atom. The average molecular weight is 330 g/mol. The van der Waals surface area contributed by atoms with Crippen molar-refractivity contribution in [3.63, 3.8) is 0 Å². The van der Waals surface area contributed by atoms with E-state index in [0.29, 0.717) is 12.5 Å². The van der Waals surface area contributed by atoms with Crippen LogP contribution in [0.5, 0.6) is 0 Å². The number of rotatable bonds is 5. The van der Waals surface area contributed by atoms with E-state index in [0.717, 1.165) is 37.2 Å². The summed E-state index contributed by atoms with van der Waals surface area (Å²) in [7, 11) is 0. The molecular weight excluding hydrogens is 304 g/mol. The SMILES string of the molecule is CCOC(=O)/C=C/c1ccc(NC(=O)N2CCCC(CC)C2)cc1. The van der Waals surface area contributed by atoms with Gasteiger partial charge in [0, 0.05) is 24.9 Å². The van der Waals surface area contributed by atoms with Crippen molar-refractivity contribution in [1.29, 1.82) is 0 Å². The summed E-state index contributed by atoms with van der Waals surface area (Å²) in [5.74, 6) is 0.255. The van der Waals surface area contributed by atoms with Crippen LogP contribution in [0.15, 0.2) is 30.3 Å². The molecule has 0 aromatic heterocycles. The van der Waals surface area contributed by atoms with Crippen LogP contribution < -0.4 is 5.32 Å². The fourth-order valence-electron chi connectivity index (χ4n) is 2.82. The van der Waals surface area contributed by atoms with Crippen molar-refractivity contribution in [3.05, 3.63) is 35.9 Å². The molecular formula is C19H26N2O3. The van der Waals surface area contributed by atoms with Crippen molar-refractivity contribution in [2.24, 2.45) is 5.92 Å². The Kier molecular flexibility index (Phi) is 6.85. The van der Waals surface area contributed by atoms with Crippen molar-refractivity contribution >= 4 is 23.8 Å². The number of likely N-dealkylation sites (tertiary alicyclic amines) is 1. The quantitative estimate of drug-likeness (QED) is 0.657. The number of carbonyl (C=O) groups is 2. The fraction of sp³-hybridized carbons (Fsp3) is 0.474. The molecule has 0 bridgehead atoms. The van der Waals surface area contributed by atoms with E-state index in [1.165, 1.54) is 12.5 Å². The van der Waals surface area contributed by atoms with Crippen molar-refractivity contribution < 1.29 is 14.3 Å². The molecule has 0 spiro atoms. The third-order valence-electron chi connectivity index (χ3n) is 4.24. The van der Waals surface area contributed by atoms with Gasteiger partial charge >= 0.3 is 12.0 Å². The summed E-state index contributed by atoms with van der Waals surface area (Å²) in [5, 5.41) is 2.94. The Balaban J connectivity index is 1.89. The van der Waals surface area contributed by atoms with Crippen molar-refractivity contribution in [3.8, 4) is 0 Å². The smallest absolute Gasteiger partial charge is 0.330 e. The molecule has 1 aromatic carbocycles. The van der Waals surface area contributed by atoms with Gasteiger partial charge in [-0.15, -0.1) is 0 Å². The van der Waals surface area contributed by atoms with Crippen LogP contribution in [0.2, 0.25) is 0 Å². The molecule has 1 fully saturated rings. The number of ether oxygens (including phenoxy) is 1. The monoisotopic (exact) mass is 330 g/mol. The minimum atomic E-state index is -0.356. The maximum atomic E-state index is 12.3. The number of hydrogen-bond acceptors (Lipinski definition) is 3. The lowest BCUT2D eigenvalue weighted by molar-refractivity contribution is -0.137. The van der Waals surface area contributed by atoms with Gasteiger partial charge in [-0.05, 0) is 49.5 Å². The van der Waals surface area contributed by atoms with E-state index in [1.54, 1.807) is 13.0 Å². The second kappa shape index (κ2) is 9.11. The normalized spacial score (nSPS) is 17.8. The topological polar surface area (TPSA) is 58.6 Å². The molecule has 24 heavy (non-hydrogen) atoms. The van der Waals surface area contributed by atoms with Crippen LogP contribution in [-0.2, 0) is 9.53 Å². The number of anilines is 1. The first kappa shape index (κ1) is 18.0. The highest BCUT2D eigenvalue weighted by molar-refractivity contribution is 5.90. The molecule has 1 heterocycles. The Morgan fingerprint density at radius 2 is 2.04 bits per heavy atom. The predicted molar refractivity (Wildman–Crippen MR) is 95.7 cm³/mol. The highest BCUT2D eigenvalue weighted by Gasteiger charge is 2.22. The van der Waals surface area contributed by atoms with E-state index < -0.39 is 0 Å². The van der Waals surface area contributed by atoms with Gasteiger partial charge in [0.15, 0.2) is 0 Å². The van der Waals surface area contributed by atoms with Gasteiger partial charge in [-0.2, -0.15) is 0 Å². The van der Waals surface area contributed by atoms with Crippen LogP contribution in [0.25, 0.3) is 6.08 Å². The van der Waals surface area contributed by atoms with Gasteiger partial charge < -0.3 is 15.0 Å². The number of piperidine rings is 1. The zero-order valence-corrected chi connectivity index (χ0v) is 14.5. The first-order chi connectivity index (χ1) is 11.6. The number of nitrogens with zero attached hydrogens (tertiary/aromatic N) is 1. The highest BCUT2D eigenvalue weighted by atomic mass is 16.5. The van der Waals surface area contributed by atoms with Crippen molar-refractivity contribution in [1.82, 2.24) is 4.90 Å². The molecule has 5 nitrogen and oxygen atoms in total. The van der Waals surface area contributed by atoms with Gasteiger partial charge in [0.05, 0.1) is 6.61 Å². The molecule has 1 aromatic rings. The minimum absolute atomic E-state index is 0.0389. The van der Waals surface area contributed by atoms with Gasteiger partial charge in [0.1, 0.15) is 0 Å². The lowest BCUT2D eigenvalue weighted by Crippen LogP contribution is -2.42. The van der Waals surface area contributed by atoms with Gasteiger partial charge in [-0.3, -0.25) is 0 Å². The maximum absolute atomic E-state index is 12.3. The maximum Gasteiger partial charge on any atom is 0.330 e. The largest absolute Gasteiger partial charge is 0.463 e. The van der Waals surface area contributed by atoms with Crippen LogP contribution >= 0.6 is 0 Å². The molecule has 0 radical (unpaired) electrons. The number of urea groups is 1. The van der Waals surface area contributed by atoms with Crippen LogP contribution in [0.1, 0.15) is 38.7 Å². The molecule has 1 unspecified atom stereocenters. The number of carbonyl (C=O) groups excluding carboxylic acids is 2. The van der Waals surface area contributed by atoms with Gasteiger partial charge in [0.2, 0.25) is 0 Å².